The van der Waals surface area contributed by atoms with Gasteiger partial charge in [-0.2, -0.15) is 0 Å². The highest BCUT2D eigenvalue weighted by Crippen LogP contribution is 2.43. The normalized spacial score (nSPS) is 22.9. The second-order valence-electron chi connectivity index (χ2n) is 5.66. The van der Waals surface area contributed by atoms with E-state index in [4.69, 9.17) is 5.73 Å². The summed E-state index contributed by atoms with van der Waals surface area (Å²) in [4.78, 5) is 4.50. The van der Waals surface area contributed by atoms with Gasteiger partial charge in [0.2, 0.25) is 10.3 Å². The molecule has 1 aliphatic rings. The lowest BCUT2D eigenvalue weighted by atomic mass is 9.82. The average molecular weight is 336 g/mol. The van der Waals surface area contributed by atoms with Crippen molar-refractivity contribution < 1.29 is 0 Å². The molecule has 8 heteroatoms. The molecule has 3 rings (SSSR count). The maximum atomic E-state index is 5.70. The Morgan fingerprint density at radius 2 is 1.82 bits per heavy atom. The molecule has 0 amide bonds. The predicted octanol–water partition coefficient (Wildman–Crippen LogP) is 3.92. The summed E-state index contributed by atoms with van der Waals surface area (Å²) in [5, 5.41) is 20.2. The third-order valence-electron chi connectivity index (χ3n) is 4.06. The number of nitrogens with zero attached hydrogens (tertiary/aromatic N) is 5. The molecule has 1 aliphatic carbocycles. The van der Waals surface area contributed by atoms with Gasteiger partial charge in [-0.15, -0.1) is 20.4 Å². The van der Waals surface area contributed by atoms with Gasteiger partial charge in [-0.05, 0) is 32.6 Å². The number of hydrogen-bond donors (Lipinski definition) is 1. The molecular weight excluding hydrogens is 316 g/mol. The average Bonchev–Trinajstić information content (AvgIpc) is 3.16. The molecule has 1 fully saturated rings. The summed E-state index contributed by atoms with van der Waals surface area (Å²) in [6, 6.07) is 0. The highest BCUT2D eigenvalue weighted by Gasteiger charge is 2.29. The van der Waals surface area contributed by atoms with Gasteiger partial charge < -0.3 is 5.73 Å². The van der Waals surface area contributed by atoms with Gasteiger partial charge in [-0.25, -0.2) is 4.99 Å². The Bertz CT molecular complexity index is 662. The highest BCUT2D eigenvalue weighted by atomic mass is 32.1. The Labute approximate surface area is 137 Å². The molecular formula is C14H20N6S2. The summed E-state index contributed by atoms with van der Waals surface area (Å²) in [7, 11) is 0. The first-order valence-electron chi connectivity index (χ1n) is 7.62. The van der Waals surface area contributed by atoms with Gasteiger partial charge in [-0.1, -0.05) is 36.0 Å². The van der Waals surface area contributed by atoms with Crippen LogP contribution < -0.4 is 5.73 Å². The van der Waals surface area contributed by atoms with Crippen molar-refractivity contribution in [2.75, 3.05) is 5.73 Å². The van der Waals surface area contributed by atoms with Crippen molar-refractivity contribution in [3.05, 3.63) is 10.0 Å². The van der Waals surface area contributed by atoms with E-state index >= 15 is 0 Å². The zero-order valence-electron chi connectivity index (χ0n) is 12.8. The lowest BCUT2D eigenvalue weighted by Gasteiger charge is -2.25. The van der Waals surface area contributed by atoms with Gasteiger partial charge in [0.1, 0.15) is 10.0 Å². The smallest absolute Gasteiger partial charge is 0.231 e. The Hall–Kier alpha value is -1.41. The van der Waals surface area contributed by atoms with Crippen molar-refractivity contribution in [1.29, 1.82) is 0 Å². The van der Waals surface area contributed by atoms with E-state index in [0.29, 0.717) is 17.0 Å². The SMILES string of the molecule is CCC(C)=Nc1nnc(C2CCCC(c3nnc(N)s3)C2)s1. The van der Waals surface area contributed by atoms with Crippen LogP contribution in [-0.4, -0.2) is 26.1 Å². The van der Waals surface area contributed by atoms with Crippen LogP contribution in [0.1, 0.15) is 67.8 Å². The van der Waals surface area contributed by atoms with Crippen LogP contribution in [0.5, 0.6) is 0 Å². The van der Waals surface area contributed by atoms with E-state index in [0.717, 1.165) is 46.5 Å². The molecule has 0 aromatic carbocycles. The number of nitrogens with two attached hydrogens (primary N) is 1. The van der Waals surface area contributed by atoms with Gasteiger partial charge in [0.15, 0.2) is 0 Å². The first-order valence-corrected chi connectivity index (χ1v) is 9.25. The molecule has 0 aliphatic heterocycles. The zero-order valence-corrected chi connectivity index (χ0v) is 14.5. The minimum absolute atomic E-state index is 0.446. The summed E-state index contributed by atoms with van der Waals surface area (Å²) in [6.45, 7) is 4.12. The van der Waals surface area contributed by atoms with Crippen molar-refractivity contribution in [3.8, 4) is 0 Å². The van der Waals surface area contributed by atoms with E-state index in [9.17, 15) is 0 Å². The van der Waals surface area contributed by atoms with Crippen LogP contribution in [0, 0.1) is 0 Å². The van der Waals surface area contributed by atoms with E-state index in [1.807, 2.05) is 6.92 Å². The Morgan fingerprint density at radius 1 is 1.14 bits per heavy atom. The number of aliphatic imine (C=N–C) groups is 1. The summed E-state index contributed by atoms with van der Waals surface area (Å²) in [5.74, 6) is 0.897. The molecule has 0 saturated heterocycles. The van der Waals surface area contributed by atoms with Crippen LogP contribution in [-0.2, 0) is 0 Å². The highest BCUT2D eigenvalue weighted by molar-refractivity contribution is 7.15. The fourth-order valence-corrected chi connectivity index (χ4v) is 4.42. The quantitative estimate of drug-likeness (QED) is 0.855. The largest absolute Gasteiger partial charge is 0.374 e. The van der Waals surface area contributed by atoms with Crippen molar-refractivity contribution in [2.24, 2.45) is 4.99 Å². The van der Waals surface area contributed by atoms with Crippen LogP contribution in [0.25, 0.3) is 0 Å². The van der Waals surface area contributed by atoms with Crippen LogP contribution in [0.3, 0.4) is 0 Å². The predicted molar refractivity (Wildman–Crippen MR) is 91.2 cm³/mol. The topological polar surface area (TPSA) is 89.9 Å². The van der Waals surface area contributed by atoms with Gasteiger partial charge in [0, 0.05) is 17.5 Å². The Morgan fingerprint density at radius 3 is 2.45 bits per heavy atom. The van der Waals surface area contributed by atoms with Crippen LogP contribution >= 0.6 is 22.7 Å². The lowest BCUT2D eigenvalue weighted by molar-refractivity contribution is 0.390. The van der Waals surface area contributed by atoms with E-state index in [2.05, 4.69) is 32.3 Å². The molecule has 0 bridgehead atoms. The van der Waals surface area contributed by atoms with Gasteiger partial charge >= 0.3 is 0 Å². The molecule has 2 atom stereocenters. The minimum Gasteiger partial charge on any atom is -0.374 e. The summed E-state index contributed by atoms with van der Waals surface area (Å²) >= 11 is 3.13. The molecule has 2 unspecified atom stereocenters. The van der Waals surface area contributed by atoms with Crippen LogP contribution in [0.2, 0.25) is 0 Å². The van der Waals surface area contributed by atoms with Crippen molar-refractivity contribution in [3.63, 3.8) is 0 Å². The molecule has 22 heavy (non-hydrogen) atoms. The molecule has 0 radical (unpaired) electrons. The number of rotatable bonds is 4. The fourth-order valence-electron chi connectivity index (χ4n) is 2.73. The molecule has 2 aromatic heterocycles. The third kappa shape index (κ3) is 3.49. The monoisotopic (exact) mass is 336 g/mol. The zero-order chi connectivity index (χ0) is 15.5. The molecule has 6 nitrogen and oxygen atoms in total. The van der Waals surface area contributed by atoms with E-state index in [1.54, 1.807) is 11.3 Å². The first kappa shape index (κ1) is 15.5. The van der Waals surface area contributed by atoms with Crippen molar-refractivity contribution in [2.45, 2.75) is 57.8 Å². The van der Waals surface area contributed by atoms with Crippen molar-refractivity contribution in [1.82, 2.24) is 20.4 Å². The van der Waals surface area contributed by atoms with Gasteiger partial charge in [0.25, 0.3) is 0 Å². The summed E-state index contributed by atoms with van der Waals surface area (Å²) in [5.41, 5.74) is 6.80. The number of anilines is 1. The first-order chi connectivity index (χ1) is 10.7. The van der Waals surface area contributed by atoms with E-state index in [-0.39, 0.29) is 0 Å². The minimum atomic E-state index is 0.446. The van der Waals surface area contributed by atoms with Gasteiger partial charge in [-0.3, -0.25) is 0 Å². The Kier molecular flexibility index (Phi) is 4.77. The molecule has 118 valence electrons. The third-order valence-corrected chi connectivity index (χ3v) is 5.95. The number of aromatic nitrogens is 4. The van der Waals surface area contributed by atoms with Crippen molar-refractivity contribution >= 4 is 38.6 Å². The summed E-state index contributed by atoms with van der Waals surface area (Å²) < 4.78 is 0. The number of hydrogen-bond acceptors (Lipinski definition) is 8. The molecule has 2 N–H and O–H groups in total. The number of nitrogen functional groups attached to an aromatic ring is 1. The fraction of sp³-hybridized carbons (Fsp3) is 0.643. The second kappa shape index (κ2) is 6.78. The second-order valence-corrected chi connectivity index (χ2v) is 7.69. The van der Waals surface area contributed by atoms with Crippen LogP contribution in [0.4, 0.5) is 10.3 Å². The standard InChI is InChI=1S/C14H20N6S2/c1-3-8(2)16-14-20-18-12(22-14)10-6-4-5-9(7-10)11-17-19-13(15)21-11/h9-10H,3-7H2,1-2H3,(H2,15,19). The maximum absolute atomic E-state index is 5.70. The maximum Gasteiger partial charge on any atom is 0.231 e. The van der Waals surface area contributed by atoms with Gasteiger partial charge in [0.05, 0.1) is 0 Å². The lowest BCUT2D eigenvalue weighted by Crippen LogP contribution is -2.12. The molecule has 1 saturated carbocycles. The Balaban J connectivity index is 1.72. The van der Waals surface area contributed by atoms with Crippen LogP contribution in [0.15, 0.2) is 4.99 Å². The molecule has 2 aromatic rings. The molecule has 2 heterocycles. The van der Waals surface area contributed by atoms with E-state index in [1.165, 1.54) is 17.8 Å². The summed E-state index contributed by atoms with van der Waals surface area (Å²) in [6.07, 6.45) is 5.50. The van der Waals surface area contributed by atoms with E-state index < -0.39 is 0 Å². The molecule has 0 spiro atoms.